The Labute approximate surface area is 92.8 Å². The molecule has 0 aliphatic heterocycles. The van der Waals surface area contributed by atoms with Gasteiger partial charge in [0.1, 0.15) is 5.60 Å². The summed E-state index contributed by atoms with van der Waals surface area (Å²) in [6, 6.07) is 0.340. The van der Waals surface area contributed by atoms with Crippen LogP contribution in [0.5, 0.6) is 0 Å². The highest BCUT2D eigenvalue weighted by atomic mass is 16.6. The van der Waals surface area contributed by atoms with Crippen molar-refractivity contribution in [2.75, 3.05) is 7.05 Å². The Morgan fingerprint density at radius 2 is 1.93 bits per heavy atom. The van der Waals surface area contributed by atoms with Gasteiger partial charge in [-0.1, -0.05) is 6.92 Å². The third kappa shape index (κ3) is 6.33. The molecule has 1 unspecified atom stereocenters. The van der Waals surface area contributed by atoms with Crippen molar-refractivity contribution in [3.05, 3.63) is 0 Å². The van der Waals surface area contributed by atoms with Gasteiger partial charge in [0.15, 0.2) is 0 Å². The number of carbonyl (C=O) groups is 1. The van der Waals surface area contributed by atoms with E-state index < -0.39 is 5.60 Å². The molecule has 2 atom stereocenters. The van der Waals surface area contributed by atoms with Crippen LogP contribution in [-0.4, -0.2) is 30.8 Å². The molecule has 15 heavy (non-hydrogen) atoms. The van der Waals surface area contributed by atoms with Gasteiger partial charge in [0, 0.05) is 12.1 Å². The maximum atomic E-state index is 11.4. The first-order valence-corrected chi connectivity index (χ1v) is 5.47. The van der Waals surface area contributed by atoms with Gasteiger partial charge in [-0.05, 0) is 41.2 Å². The van der Waals surface area contributed by atoms with Crippen molar-refractivity contribution >= 4 is 6.09 Å². The van der Waals surface area contributed by atoms with Gasteiger partial charge in [-0.15, -0.1) is 0 Å². The van der Waals surface area contributed by atoms with E-state index in [1.165, 1.54) is 0 Å². The van der Waals surface area contributed by atoms with E-state index in [1.54, 1.807) is 0 Å². The topological polar surface area (TPSA) is 50.4 Å². The number of nitrogens with one attached hydrogen (secondary N) is 2. The van der Waals surface area contributed by atoms with Crippen LogP contribution in [0.4, 0.5) is 4.79 Å². The van der Waals surface area contributed by atoms with Crippen LogP contribution < -0.4 is 10.6 Å². The van der Waals surface area contributed by atoms with Crippen molar-refractivity contribution in [2.45, 2.75) is 58.7 Å². The highest BCUT2D eigenvalue weighted by molar-refractivity contribution is 5.68. The summed E-state index contributed by atoms with van der Waals surface area (Å²) in [7, 11) is 1.89. The zero-order chi connectivity index (χ0) is 12.1. The number of hydrogen-bond acceptors (Lipinski definition) is 3. The molecule has 0 heterocycles. The Morgan fingerprint density at radius 3 is 2.27 bits per heavy atom. The lowest BCUT2D eigenvalue weighted by Crippen LogP contribution is -2.48. The van der Waals surface area contributed by atoms with Crippen molar-refractivity contribution in [3.8, 4) is 0 Å². The average Bonchev–Trinajstić information content (AvgIpc) is 2.02. The Balaban J connectivity index is 4.06. The van der Waals surface area contributed by atoms with Crippen LogP contribution in [-0.2, 0) is 4.74 Å². The van der Waals surface area contributed by atoms with Crippen LogP contribution >= 0.6 is 0 Å². The molecule has 0 fully saturated rings. The molecule has 0 aliphatic rings. The maximum Gasteiger partial charge on any atom is 0.407 e. The molecule has 2 N–H and O–H groups in total. The van der Waals surface area contributed by atoms with E-state index in [2.05, 4.69) is 17.6 Å². The number of hydrogen-bond donors (Lipinski definition) is 2. The predicted molar refractivity (Wildman–Crippen MR) is 62.0 cm³/mol. The summed E-state index contributed by atoms with van der Waals surface area (Å²) in [6.07, 6.45) is 0.608. The molecule has 0 aliphatic carbocycles. The summed E-state index contributed by atoms with van der Waals surface area (Å²) < 4.78 is 5.17. The number of amides is 1. The summed E-state index contributed by atoms with van der Waals surface area (Å²) in [5.41, 5.74) is -0.439. The molecule has 90 valence electrons. The van der Waals surface area contributed by atoms with Gasteiger partial charge < -0.3 is 15.4 Å². The van der Waals surface area contributed by atoms with Crippen LogP contribution in [0.1, 0.15) is 41.0 Å². The fourth-order valence-electron chi connectivity index (χ4n) is 1.40. The minimum atomic E-state index is -0.439. The molecule has 0 rings (SSSR count). The highest BCUT2D eigenvalue weighted by Gasteiger charge is 2.20. The summed E-state index contributed by atoms with van der Waals surface area (Å²) in [5.74, 6) is 0. The number of alkyl carbamates (subject to hydrolysis) is 1. The van der Waals surface area contributed by atoms with Gasteiger partial charge >= 0.3 is 6.09 Å². The summed E-state index contributed by atoms with van der Waals surface area (Å²) in [6.45, 7) is 9.61. The van der Waals surface area contributed by atoms with Crippen molar-refractivity contribution in [1.82, 2.24) is 10.6 Å². The Morgan fingerprint density at radius 1 is 1.40 bits per heavy atom. The maximum absolute atomic E-state index is 11.4. The van der Waals surface area contributed by atoms with Crippen LogP contribution in [0.3, 0.4) is 0 Å². The quantitative estimate of drug-likeness (QED) is 0.754. The summed E-state index contributed by atoms with van der Waals surface area (Å²) in [5, 5.41) is 5.96. The molecule has 0 saturated carbocycles. The zero-order valence-corrected chi connectivity index (χ0v) is 10.7. The molecule has 0 aromatic rings. The lowest BCUT2D eigenvalue weighted by atomic mass is 10.1. The predicted octanol–water partition coefficient (Wildman–Crippen LogP) is 1.90. The van der Waals surface area contributed by atoms with Crippen molar-refractivity contribution in [1.29, 1.82) is 0 Å². The second-order valence-electron chi connectivity index (χ2n) is 4.74. The van der Waals surface area contributed by atoms with Gasteiger partial charge in [0.05, 0.1) is 0 Å². The van der Waals surface area contributed by atoms with Gasteiger partial charge in [0.2, 0.25) is 0 Å². The Hall–Kier alpha value is -0.770. The van der Waals surface area contributed by atoms with Crippen LogP contribution in [0, 0.1) is 0 Å². The van der Waals surface area contributed by atoms with Crippen LogP contribution in [0.15, 0.2) is 0 Å². The first kappa shape index (κ1) is 14.2. The molecule has 0 aromatic carbocycles. The van der Waals surface area contributed by atoms with E-state index in [0.29, 0.717) is 0 Å². The molecule has 0 bridgehead atoms. The molecule has 0 aromatic heterocycles. The largest absolute Gasteiger partial charge is 0.444 e. The van der Waals surface area contributed by atoms with E-state index in [-0.39, 0.29) is 18.2 Å². The molecule has 0 radical (unpaired) electrons. The zero-order valence-electron chi connectivity index (χ0n) is 10.7. The average molecular weight is 216 g/mol. The Kier molecular flexibility index (Phi) is 5.65. The smallest absolute Gasteiger partial charge is 0.407 e. The third-order valence-electron chi connectivity index (χ3n) is 2.16. The lowest BCUT2D eigenvalue weighted by molar-refractivity contribution is 0.0498. The molecule has 0 spiro atoms. The van der Waals surface area contributed by atoms with E-state index in [1.807, 2.05) is 34.7 Å². The lowest BCUT2D eigenvalue weighted by Gasteiger charge is -2.26. The number of likely N-dealkylation sites (N-methyl/N-ethyl adjacent to an activating group) is 1. The van der Waals surface area contributed by atoms with Gasteiger partial charge in [-0.3, -0.25) is 0 Å². The first-order chi connectivity index (χ1) is 6.80. The van der Waals surface area contributed by atoms with E-state index >= 15 is 0 Å². The minimum absolute atomic E-state index is 0.0647. The second-order valence-corrected chi connectivity index (χ2v) is 4.74. The van der Waals surface area contributed by atoms with Crippen molar-refractivity contribution < 1.29 is 9.53 Å². The van der Waals surface area contributed by atoms with Crippen LogP contribution in [0.2, 0.25) is 0 Å². The van der Waals surface area contributed by atoms with Crippen LogP contribution in [0.25, 0.3) is 0 Å². The standard InChI is InChI=1S/C11H24N2O2/c1-7-9(12-6)8(2)13-10(14)15-11(3,4)5/h8-9,12H,7H2,1-6H3,(H,13,14)/t8-,9?/m1/s1. The van der Waals surface area contributed by atoms with E-state index in [0.717, 1.165) is 6.42 Å². The van der Waals surface area contributed by atoms with Gasteiger partial charge in [-0.25, -0.2) is 4.79 Å². The number of carbonyl (C=O) groups excluding carboxylic acids is 1. The SMILES string of the molecule is CCC(NC)[C@@H](C)NC(=O)OC(C)(C)C. The van der Waals surface area contributed by atoms with E-state index in [9.17, 15) is 4.79 Å². The minimum Gasteiger partial charge on any atom is -0.444 e. The molecular weight excluding hydrogens is 192 g/mol. The second kappa shape index (κ2) is 5.95. The molecule has 4 nitrogen and oxygen atoms in total. The fraction of sp³-hybridized carbons (Fsp3) is 0.909. The monoisotopic (exact) mass is 216 g/mol. The highest BCUT2D eigenvalue weighted by Crippen LogP contribution is 2.07. The first-order valence-electron chi connectivity index (χ1n) is 5.47. The number of rotatable bonds is 4. The number of ether oxygens (including phenoxy) is 1. The summed E-state index contributed by atoms with van der Waals surface area (Å²) >= 11 is 0. The molecule has 0 saturated heterocycles. The van der Waals surface area contributed by atoms with Crippen molar-refractivity contribution in [2.24, 2.45) is 0 Å². The van der Waals surface area contributed by atoms with Gasteiger partial charge in [-0.2, -0.15) is 0 Å². The Bertz CT molecular complexity index is 195. The third-order valence-corrected chi connectivity index (χ3v) is 2.16. The molecule has 1 amide bonds. The molecular formula is C11H24N2O2. The van der Waals surface area contributed by atoms with Crippen molar-refractivity contribution in [3.63, 3.8) is 0 Å². The fourth-order valence-corrected chi connectivity index (χ4v) is 1.40. The van der Waals surface area contributed by atoms with Gasteiger partial charge in [0.25, 0.3) is 0 Å². The normalized spacial score (nSPS) is 15.6. The van der Waals surface area contributed by atoms with E-state index in [4.69, 9.17) is 4.74 Å². The summed E-state index contributed by atoms with van der Waals surface area (Å²) in [4.78, 5) is 11.4. The molecule has 4 heteroatoms.